The van der Waals surface area contributed by atoms with Crippen LogP contribution in [0.1, 0.15) is 25.0 Å². The fourth-order valence-corrected chi connectivity index (χ4v) is 3.87. The molecule has 1 aromatic rings. The molecule has 0 aromatic heterocycles. The van der Waals surface area contributed by atoms with Crippen LogP contribution < -0.4 is 5.32 Å². The normalized spacial score (nSPS) is 13.6. The number of likely N-dealkylation sites (N-methyl/N-ethyl adjacent to an activating group) is 1. The predicted octanol–water partition coefficient (Wildman–Crippen LogP) is 1.62. The van der Waals surface area contributed by atoms with Crippen molar-refractivity contribution in [1.82, 2.24) is 9.62 Å². The summed E-state index contributed by atoms with van der Waals surface area (Å²) in [6.45, 7) is 4.81. The standard InChI is InChI=1S/C15H26N2O3S/c1-6-14-8-7-13(10-16-3)9-15(14)21(18,19)17(4)12(2)11-20-5/h7-9,12,16H,6,10-11H2,1-5H3. The minimum Gasteiger partial charge on any atom is -0.383 e. The first kappa shape index (κ1) is 18.1. The van der Waals surface area contributed by atoms with E-state index in [1.165, 1.54) is 4.31 Å². The number of benzene rings is 1. The minimum absolute atomic E-state index is 0.210. The van der Waals surface area contributed by atoms with Crippen molar-refractivity contribution in [2.75, 3.05) is 27.8 Å². The lowest BCUT2D eigenvalue weighted by molar-refractivity contribution is 0.149. The quantitative estimate of drug-likeness (QED) is 0.792. The molecule has 1 rings (SSSR count). The Morgan fingerprint density at radius 1 is 1.38 bits per heavy atom. The lowest BCUT2D eigenvalue weighted by Gasteiger charge is -2.25. The largest absolute Gasteiger partial charge is 0.383 e. The van der Waals surface area contributed by atoms with Gasteiger partial charge in [-0.25, -0.2) is 8.42 Å². The molecule has 6 heteroatoms. The molecule has 0 radical (unpaired) electrons. The predicted molar refractivity (Wildman–Crippen MR) is 84.9 cm³/mol. The maximum Gasteiger partial charge on any atom is 0.243 e. The van der Waals surface area contributed by atoms with Gasteiger partial charge in [-0.1, -0.05) is 19.1 Å². The van der Waals surface area contributed by atoms with Gasteiger partial charge in [0, 0.05) is 26.7 Å². The highest BCUT2D eigenvalue weighted by Crippen LogP contribution is 2.23. The highest BCUT2D eigenvalue weighted by atomic mass is 32.2. The molecule has 0 aliphatic heterocycles. The molecule has 0 saturated heterocycles. The van der Waals surface area contributed by atoms with Crippen molar-refractivity contribution in [3.63, 3.8) is 0 Å². The summed E-state index contributed by atoms with van der Waals surface area (Å²) in [6, 6.07) is 5.42. The molecule has 0 fully saturated rings. The second kappa shape index (κ2) is 7.89. The summed E-state index contributed by atoms with van der Waals surface area (Å²) in [6.07, 6.45) is 0.681. The molecule has 21 heavy (non-hydrogen) atoms. The number of aryl methyl sites for hydroxylation is 1. The van der Waals surface area contributed by atoms with Gasteiger partial charge in [0.1, 0.15) is 0 Å². The monoisotopic (exact) mass is 314 g/mol. The van der Waals surface area contributed by atoms with Gasteiger partial charge >= 0.3 is 0 Å². The van der Waals surface area contributed by atoms with Crippen LogP contribution in [0.3, 0.4) is 0 Å². The molecule has 0 aliphatic carbocycles. The van der Waals surface area contributed by atoms with Crippen LogP contribution >= 0.6 is 0 Å². The van der Waals surface area contributed by atoms with Crippen LogP contribution in [0.15, 0.2) is 23.1 Å². The minimum atomic E-state index is -3.52. The summed E-state index contributed by atoms with van der Waals surface area (Å²) < 4.78 is 32.1. The van der Waals surface area contributed by atoms with Crippen molar-refractivity contribution >= 4 is 10.0 Å². The molecule has 1 unspecified atom stereocenters. The zero-order valence-electron chi connectivity index (χ0n) is 13.5. The van der Waals surface area contributed by atoms with Gasteiger partial charge in [-0.2, -0.15) is 4.31 Å². The number of methoxy groups -OCH3 is 1. The van der Waals surface area contributed by atoms with Crippen molar-refractivity contribution < 1.29 is 13.2 Å². The first-order valence-corrected chi connectivity index (χ1v) is 8.55. The molecule has 1 atom stereocenters. The van der Waals surface area contributed by atoms with Crippen LogP contribution in [0.4, 0.5) is 0 Å². The number of sulfonamides is 1. The van der Waals surface area contributed by atoms with Crippen molar-refractivity contribution in [2.24, 2.45) is 0 Å². The van der Waals surface area contributed by atoms with E-state index in [9.17, 15) is 8.42 Å². The zero-order valence-corrected chi connectivity index (χ0v) is 14.3. The van der Waals surface area contributed by atoms with Crippen LogP contribution in [0.5, 0.6) is 0 Å². The maximum absolute atomic E-state index is 12.8. The van der Waals surface area contributed by atoms with Gasteiger partial charge in [-0.15, -0.1) is 0 Å². The average molecular weight is 314 g/mol. The van der Waals surface area contributed by atoms with Gasteiger partial charge in [0.15, 0.2) is 0 Å². The van der Waals surface area contributed by atoms with E-state index in [2.05, 4.69) is 5.32 Å². The van der Waals surface area contributed by atoms with E-state index in [4.69, 9.17) is 4.74 Å². The third-order valence-corrected chi connectivity index (χ3v) is 5.63. The van der Waals surface area contributed by atoms with E-state index in [0.717, 1.165) is 11.1 Å². The summed E-state index contributed by atoms with van der Waals surface area (Å²) in [5, 5.41) is 3.04. The average Bonchev–Trinajstić information content (AvgIpc) is 2.47. The Morgan fingerprint density at radius 2 is 2.05 bits per heavy atom. The van der Waals surface area contributed by atoms with Crippen molar-refractivity contribution in [1.29, 1.82) is 0 Å². The number of rotatable bonds is 8. The van der Waals surface area contributed by atoms with E-state index in [1.807, 2.05) is 33.0 Å². The van der Waals surface area contributed by atoms with Crippen LogP contribution in [-0.4, -0.2) is 46.6 Å². The Kier molecular flexibility index (Phi) is 6.80. The molecule has 5 nitrogen and oxygen atoms in total. The summed E-state index contributed by atoms with van der Waals surface area (Å²) in [5.41, 5.74) is 1.80. The lowest BCUT2D eigenvalue weighted by Crippen LogP contribution is -2.38. The molecule has 0 amide bonds. The lowest BCUT2D eigenvalue weighted by atomic mass is 10.1. The summed E-state index contributed by atoms with van der Waals surface area (Å²) in [7, 11) is 1.50. The van der Waals surface area contributed by atoms with E-state index < -0.39 is 10.0 Å². The number of hydrogen-bond acceptors (Lipinski definition) is 4. The Hall–Kier alpha value is -0.950. The highest BCUT2D eigenvalue weighted by Gasteiger charge is 2.27. The van der Waals surface area contributed by atoms with Crippen molar-refractivity contribution in [3.8, 4) is 0 Å². The zero-order chi connectivity index (χ0) is 16.0. The second-order valence-corrected chi connectivity index (χ2v) is 7.12. The molecular weight excluding hydrogens is 288 g/mol. The van der Waals surface area contributed by atoms with Crippen LogP contribution in [-0.2, 0) is 27.7 Å². The fourth-order valence-electron chi connectivity index (χ4n) is 2.18. The number of ether oxygens (including phenoxy) is 1. The van der Waals surface area contributed by atoms with E-state index in [-0.39, 0.29) is 6.04 Å². The van der Waals surface area contributed by atoms with Crippen LogP contribution in [0, 0.1) is 0 Å². The van der Waals surface area contributed by atoms with Gasteiger partial charge in [0.2, 0.25) is 10.0 Å². The Morgan fingerprint density at radius 3 is 2.57 bits per heavy atom. The topological polar surface area (TPSA) is 58.6 Å². The van der Waals surface area contributed by atoms with Gasteiger partial charge in [-0.05, 0) is 37.6 Å². The number of nitrogens with one attached hydrogen (secondary N) is 1. The third kappa shape index (κ3) is 4.26. The molecule has 1 aromatic carbocycles. The first-order valence-electron chi connectivity index (χ1n) is 7.11. The van der Waals surface area contributed by atoms with Crippen molar-refractivity contribution in [2.45, 2.75) is 37.8 Å². The molecule has 120 valence electrons. The van der Waals surface area contributed by atoms with Gasteiger partial charge < -0.3 is 10.1 Å². The molecule has 0 aliphatic rings. The summed E-state index contributed by atoms with van der Waals surface area (Å²) in [4.78, 5) is 0.392. The molecular formula is C15H26N2O3S. The molecule has 0 bridgehead atoms. The van der Waals surface area contributed by atoms with Gasteiger partial charge in [0.25, 0.3) is 0 Å². The molecule has 0 spiro atoms. The molecule has 1 N–H and O–H groups in total. The third-order valence-electron chi connectivity index (χ3n) is 3.58. The molecule has 0 saturated carbocycles. The van der Waals surface area contributed by atoms with Crippen LogP contribution in [0.25, 0.3) is 0 Å². The highest BCUT2D eigenvalue weighted by molar-refractivity contribution is 7.89. The Labute approximate surface area is 128 Å². The number of hydrogen-bond donors (Lipinski definition) is 1. The fraction of sp³-hybridized carbons (Fsp3) is 0.600. The SMILES string of the molecule is CCc1ccc(CNC)cc1S(=O)(=O)N(C)C(C)COC. The van der Waals surface area contributed by atoms with Gasteiger partial charge in [0.05, 0.1) is 11.5 Å². The van der Waals surface area contributed by atoms with Crippen molar-refractivity contribution in [3.05, 3.63) is 29.3 Å². The second-order valence-electron chi connectivity index (χ2n) is 5.15. The Bertz CT molecular complexity index is 558. The maximum atomic E-state index is 12.8. The van der Waals surface area contributed by atoms with E-state index >= 15 is 0 Å². The summed E-state index contributed by atoms with van der Waals surface area (Å²) in [5.74, 6) is 0. The molecule has 0 heterocycles. The van der Waals surface area contributed by atoms with E-state index in [1.54, 1.807) is 20.2 Å². The smallest absolute Gasteiger partial charge is 0.243 e. The summed E-state index contributed by atoms with van der Waals surface area (Å²) >= 11 is 0. The first-order chi connectivity index (χ1) is 9.88. The Balaban J connectivity index is 3.25. The number of nitrogens with zero attached hydrogens (tertiary/aromatic N) is 1. The van der Waals surface area contributed by atoms with Gasteiger partial charge in [-0.3, -0.25) is 0 Å². The van der Waals surface area contributed by atoms with E-state index in [0.29, 0.717) is 24.5 Å². The van der Waals surface area contributed by atoms with Crippen LogP contribution in [0.2, 0.25) is 0 Å².